The number of benzene rings is 4. The Kier molecular flexibility index (Phi) is 5.69. The Hall–Kier alpha value is -2.45. The maximum atomic E-state index is 2.56. The van der Waals surface area contributed by atoms with Crippen LogP contribution in [0.5, 0.6) is 0 Å². The summed E-state index contributed by atoms with van der Waals surface area (Å²) >= 11 is 0. The van der Waals surface area contributed by atoms with Gasteiger partial charge in [-0.05, 0) is 101 Å². The molecule has 0 amide bonds. The summed E-state index contributed by atoms with van der Waals surface area (Å²) in [7, 11) is 1.12. The summed E-state index contributed by atoms with van der Waals surface area (Å²) in [4.78, 5) is 5.59. The zero-order valence-electron chi connectivity index (χ0n) is 21.0. The van der Waals surface area contributed by atoms with E-state index in [-0.39, 0.29) is 0 Å². The van der Waals surface area contributed by atoms with Crippen molar-refractivity contribution in [2.24, 2.45) is 0 Å². The number of para-hydroxylation sites is 1. The largest absolute Gasteiger partial charge is 0.343 e. The summed E-state index contributed by atoms with van der Waals surface area (Å²) in [6.45, 7) is 9.24. The van der Waals surface area contributed by atoms with Crippen molar-refractivity contribution in [2.45, 2.75) is 62.7 Å². The maximum absolute atomic E-state index is 2.56. The van der Waals surface area contributed by atoms with Crippen molar-refractivity contribution in [1.82, 2.24) is 0 Å². The van der Waals surface area contributed by atoms with Gasteiger partial charge in [-0.3, -0.25) is 0 Å². The molecule has 2 heteroatoms. The minimum absolute atomic E-state index is 0.626. The van der Waals surface area contributed by atoms with Crippen molar-refractivity contribution in [3.63, 3.8) is 0 Å². The second-order valence-corrected chi connectivity index (χ2v) is 13.3. The zero-order chi connectivity index (χ0) is 23.3. The van der Waals surface area contributed by atoms with Gasteiger partial charge in [0, 0.05) is 16.8 Å². The maximum Gasteiger partial charge on any atom is 0.0564 e. The Morgan fingerprint density at radius 3 is 2.27 bits per heavy atom. The van der Waals surface area contributed by atoms with Crippen LogP contribution in [0.25, 0.3) is 21.5 Å². The normalized spacial score (nSPS) is 19.5. The molecule has 0 bridgehead atoms. The molecule has 4 aromatic rings. The van der Waals surface area contributed by atoms with E-state index in [4.69, 9.17) is 0 Å². The molecule has 0 saturated carbocycles. The van der Waals surface area contributed by atoms with Crippen LogP contribution in [0.4, 0.5) is 11.4 Å². The molecule has 4 aromatic carbocycles. The first kappa shape index (κ1) is 22.3. The molecule has 1 unspecified atom stereocenters. The fourth-order valence-electron chi connectivity index (χ4n) is 6.18. The molecule has 0 fully saturated rings. The molecule has 0 aromatic heterocycles. The molecule has 0 saturated heterocycles. The van der Waals surface area contributed by atoms with Crippen LogP contribution in [0, 0.1) is 6.92 Å². The monoisotopic (exact) mass is 455 g/mol. The quantitative estimate of drug-likeness (QED) is 0.271. The van der Waals surface area contributed by atoms with E-state index in [1.54, 1.807) is 9.79 Å². The number of nitrogens with zero attached hydrogens (tertiary/aromatic N) is 1. The summed E-state index contributed by atoms with van der Waals surface area (Å²) in [5, 5.41) is 5.66. The first-order valence-corrected chi connectivity index (χ1v) is 14.7. The molecule has 0 radical (unpaired) electrons. The lowest BCUT2D eigenvalue weighted by molar-refractivity contribution is 0.646. The minimum Gasteiger partial charge on any atom is -0.343 e. The van der Waals surface area contributed by atoms with Crippen molar-refractivity contribution in [3.8, 4) is 0 Å². The Labute approximate surface area is 201 Å². The number of hydrogen-bond donors (Lipinski definition) is 0. The van der Waals surface area contributed by atoms with Gasteiger partial charge in [0.1, 0.15) is 0 Å². The molecule has 0 N–H and O–H groups in total. The summed E-state index contributed by atoms with van der Waals surface area (Å²) in [5.74, 6) is 1.86. The lowest BCUT2D eigenvalue weighted by Crippen LogP contribution is -2.23. The van der Waals surface area contributed by atoms with Gasteiger partial charge >= 0.3 is 0 Å². The van der Waals surface area contributed by atoms with Crippen LogP contribution in [-0.2, 0) is 0 Å². The van der Waals surface area contributed by atoms with Gasteiger partial charge in [0.2, 0.25) is 0 Å². The first-order chi connectivity index (χ1) is 15.9. The van der Waals surface area contributed by atoms with E-state index < -0.39 is 10.0 Å². The van der Waals surface area contributed by atoms with E-state index in [0.717, 1.165) is 0 Å². The molecular formula is C31H37NS. The Balaban J connectivity index is 1.85. The number of fused-ring (bicyclic) bond motifs is 5. The van der Waals surface area contributed by atoms with Gasteiger partial charge in [-0.25, -0.2) is 0 Å². The number of hydrogen-bond acceptors (Lipinski definition) is 1. The van der Waals surface area contributed by atoms with Crippen LogP contribution in [0.1, 0.15) is 57.1 Å². The van der Waals surface area contributed by atoms with Crippen LogP contribution in [-0.4, -0.2) is 19.1 Å². The van der Waals surface area contributed by atoms with Crippen LogP contribution < -0.4 is 4.90 Å². The first-order valence-electron chi connectivity index (χ1n) is 12.5. The Morgan fingerprint density at radius 1 is 0.848 bits per heavy atom. The van der Waals surface area contributed by atoms with Gasteiger partial charge < -0.3 is 4.90 Å². The van der Waals surface area contributed by atoms with Crippen LogP contribution in [0.15, 0.2) is 70.5 Å². The topological polar surface area (TPSA) is 3.24 Å². The molecule has 1 heterocycles. The molecule has 1 atom stereocenters. The molecule has 1 aliphatic heterocycles. The van der Waals surface area contributed by atoms with E-state index in [2.05, 4.69) is 107 Å². The van der Waals surface area contributed by atoms with Crippen LogP contribution in [0.2, 0.25) is 0 Å². The standard InChI is InChI=1S/C31H37NS/c1-7-18-33(6)29-15-10-12-21(4)30(29)32(5)28-17-16-24-19-26-23(20-27(24)31(28)33)13-11-14-25(26)22(8-2)9-3/h10-17,19-20,22H,7-9,18H2,1-6H3. The van der Waals surface area contributed by atoms with E-state index in [9.17, 15) is 0 Å². The molecule has 172 valence electrons. The molecule has 0 spiro atoms. The number of anilines is 2. The Morgan fingerprint density at radius 2 is 1.55 bits per heavy atom. The summed E-state index contributed by atoms with van der Waals surface area (Å²) < 4.78 is 0. The van der Waals surface area contributed by atoms with Crippen molar-refractivity contribution >= 4 is 42.9 Å². The minimum atomic E-state index is -1.14. The van der Waals surface area contributed by atoms with Crippen molar-refractivity contribution in [1.29, 1.82) is 0 Å². The molecule has 1 aliphatic rings. The van der Waals surface area contributed by atoms with Gasteiger partial charge in [0.05, 0.1) is 11.4 Å². The molecule has 33 heavy (non-hydrogen) atoms. The number of aryl methyl sites for hydroxylation is 1. The predicted molar refractivity (Wildman–Crippen MR) is 149 cm³/mol. The second kappa shape index (κ2) is 8.40. The SMILES string of the molecule is CCCS1(C)c2cccc(C)c2N(C)c2ccc3cc4c(C(CC)CC)cccc4cc3c21. The van der Waals surface area contributed by atoms with Crippen molar-refractivity contribution < 1.29 is 0 Å². The van der Waals surface area contributed by atoms with Crippen molar-refractivity contribution in [3.05, 3.63) is 71.8 Å². The molecule has 5 rings (SSSR count). The Bertz CT molecular complexity index is 1350. The summed E-state index contributed by atoms with van der Waals surface area (Å²) in [6.07, 6.45) is 6.14. The fraction of sp³-hybridized carbons (Fsp3) is 0.355. The fourth-order valence-corrected chi connectivity index (χ4v) is 10.1. The van der Waals surface area contributed by atoms with Crippen LogP contribution in [0.3, 0.4) is 0 Å². The highest BCUT2D eigenvalue weighted by molar-refractivity contribution is 8.33. The van der Waals surface area contributed by atoms with Gasteiger partial charge in [-0.2, -0.15) is 10.0 Å². The number of rotatable bonds is 5. The third-order valence-electron chi connectivity index (χ3n) is 7.85. The third-order valence-corrected chi connectivity index (χ3v) is 11.7. The summed E-state index contributed by atoms with van der Waals surface area (Å²) in [6, 6.07) is 23.6. The van der Waals surface area contributed by atoms with E-state index in [0.29, 0.717) is 5.92 Å². The molecular weight excluding hydrogens is 418 g/mol. The van der Waals surface area contributed by atoms with Gasteiger partial charge in [-0.1, -0.05) is 57.2 Å². The summed E-state index contributed by atoms with van der Waals surface area (Å²) in [5.41, 5.74) is 5.71. The molecule has 1 nitrogen and oxygen atoms in total. The third kappa shape index (κ3) is 3.29. The lowest BCUT2D eigenvalue weighted by Gasteiger charge is -2.47. The van der Waals surface area contributed by atoms with E-state index in [1.165, 1.54) is 69.1 Å². The highest BCUT2D eigenvalue weighted by atomic mass is 32.3. The average Bonchev–Trinajstić information content (AvgIpc) is 2.82. The smallest absolute Gasteiger partial charge is 0.0564 e. The van der Waals surface area contributed by atoms with E-state index in [1.807, 2.05) is 0 Å². The predicted octanol–water partition coefficient (Wildman–Crippen LogP) is 9.55. The van der Waals surface area contributed by atoms with E-state index >= 15 is 0 Å². The zero-order valence-corrected chi connectivity index (χ0v) is 21.9. The lowest BCUT2D eigenvalue weighted by atomic mass is 9.88. The molecule has 0 aliphatic carbocycles. The van der Waals surface area contributed by atoms with Gasteiger partial charge in [0.15, 0.2) is 0 Å². The highest BCUT2D eigenvalue weighted by Gasteiger charge is 2.36. The van der Waals surface area contributed by atoms with Crippen molar-refractivity contribution in [2.75, 3.05) is 24.0 Å². The van der Waals surface area contributed by atoms with Gasteiger partial charge in [-0.15, -0.1) is 0 Å². The van der Waals surface area contributed by atoms with Crippen LogP contribution >= 0.6 is 10.0 Å². The average molecular weight is 456 g/mol. The highest BCUT2D eigenvalue weighted by Crippen LogP contribution is 2.70. The van der Waals surface area contributed by atoms with Gasteiger partial charge in [0.25, 0.3) is 0 Å². The second-order valence-electron chi connectivity index (χ2n) is 9.84.